The lowest BCUT2D eigenvalue weighted by atomic mass is 10.1. The Morgan fingerprint density at radius 3 is 2.89 bits per heavy atom. The summed E-state index contributed by atoms with van der Waals surface area (Å²) in [6, 6.07) is 2.30. The molecule has 0 bridgehead atoms. The third kappa shape index (κ3) is 2.39. The fraction of sp³-hybridized carbons (Fsp3) is 0.714. The van der Waals surface area contributed by atoms with E-state index in [0.717, 1.165) is 25.2 Å². The van der Waals surface area contributed by atoms with Gasteiger partial charge in [0.15, 0.2) is 0 Å². The molecule has 1 aromatic rings. The van der Waals surface area contributed by atoms with Crippen molar-refractivity contribution in [2.45, 2.75) is 25.9 Å². The Hall–Kier alpha value is -1.36. The van der Waals surface area contributed by atoms with Crippen molar-refractivity contribution in [2.75, 3.05) is 27.2 Å². The Labute approximate surface area is 114 Å². The second-order valence-electron chi connectivity index (χ2n) is 6.22. The van der Waals surface area contributed by atoms with Gasteiger partial charge in [0.25, 0.3) is 0 Å². The molecular formula is C14H22N4O. The van der Waals surface area contributed by atoms with E-state index >= 15 is 0 Å². The first-order chi connectivity index (χ1) is 9.06. The minimum absolute atomic E-state index is 0.270. The van der Waals surface area contributed by atoms with Gasteiger partial charge in [-0.3, -0.25) is 9.48 Å². The van der Waals surface area contributed by atoms with Gasteiger partial charge in [0.2, 0.25) is 5.91 Å². The molecule has 0 saturated heterocycles. The van der Waals surface area contributed by atoms with E-state index in [1.807, 2.05) is 17.2 Å². The lowest BCUT2D eigenvalue weighted by Gasteiger charge is -2.35. The second kappa shape index (κ2) is 4.63. The molecule has 0 aromatic carbocycles. The number of carbonyl (C=O) groups is 1. The SMILES string of the molecule is C[C@@H]1C[C@@H]1C(=O)N1Cc2ccnn2[C@@H](CN(C)C)C1. The predicted octanol–water partition coefficient (Wildman–Crippen LogP) is 0.984. The molecular weight excluding hydrogens is 240 g/mol. The van der Waals surface area contributed by atoms with Crippen molar-refractivity contribution in [1.29, 1.82) is 0 Å². The van der Waals surface area contributed by atoms with Gasteiger partial charge in [-0.25, -0.2) is 0 Å². The first-order valence-corrected chi connectivity index (χ1v) is 7.02. The van der Waals surface area contributed by atoms with Crippen LogP contribution < -0.4 is 0 Å². The molecule has 1 amide bonds. The van der Waals surface area contributed by atoms with Crippen molar-refractivity contribution in [1.82, 2.24) is 19.6 Å². The first-order valence-electron chi connectivity index (χ1n) is 7.02. The van der Waals surface area contributed by atoms with Gasteiger partial charge in [-0.1, -0.05) is 6.92 Å². The number of likely N-dealkylation sites (N-methyl/N-ethyl adjacent to an activating group) is 1. The normalized spacial score (nSPS) is 29.5. The van der Waals surface area contributed by atoms with Gasteiger partial charge in [-0.05, 0) is 32.5 Å². The molecule has 0 radical (unpaired) electrons. The Balaban J connectivity index is 1.78. The first kappa shape index (κ1) is 12.7. The van der Waals surface area contributed by atoms with Crippen molar-refractivity contribution in [3.8, 4) is 0 Å². The molecule has 1 aromatic heterocycles. The highest BCUT2D eigenvalue weighted by Crippen LogP contribution is 2.40. The van der Waals surface area contributed by atoms with Gasteiger partial charge in [-0.2, -0.15) is 5.10 Å². The summed E-state index contributed by atoms with van der Waals surface area (Å²) in [5, 5.41) is 4.41. The van der Waals surface area contributed by atoms with E-state index in [1.54, 1.807) is 0 Å². The van der Waals surface area contributed by atoms with E-state index in [4.69, 9.17) is 0 Å². The van der Waals surface area contributed by atoms with Crippen LogP contribution in [0.25, 0.3) is 0 Å². The monoisotopic (exact) mass is 262 g/mol. The highest BCUT2D eigenvalue weighted by atomic mass is 16.2. The summed E-state index contributed by atoms with van der Waals surface area (Å²) in [5.74, 6) is 1.19. The summed E-state index contributed by atoms with van der Waals surface area (Å²) in [5.41, 5.74) is 1.15. The quantitative estimate of drug-likeness (QED) is 0.815. The van der Waals surface area contributed by atoms with Crippen LogP contribution in [0.5, 0.6) is 0 Å². The van der Waals surface area contributed by atoms with E-state index in [-0.39, 0.29) is 12.0 Å². The molecule has 104 valence electrons. The molecule has 1 aliphatic heterocycles. The Morgan fingerprint density at radius 1 is 1.53 bits per heavy atom. The zero-order chi connectivity index (χ0) is 13.6. The lowest BCUT2D eigenvalue weighted by Crippen LogP contribution is -2.45. The minimum Gasteiger partial charge on any atom is -0.334 e. The van der Waals surface area contributed by atoms with E-state index in [1.165, 1.54) is 0 Å². The zero-order valence-corrected chi connectivity index (χ0v) is 11.9. The summed E-state index contributed by atoms with van der Waals surface area (Å²) in [6.45, 7) is 4.58. The van der Waals surface area contributed by atoms with Gasteiger partial charge in [0, 0.05) is 25.2 Å². The van der Waals surface area contributed by atoms with Crippen molar-refractivity contribution in [2.24, 2.45) is 11.8 Å². The van der Waals surface area contributed by atoms with Crippen molar-refractivity contribution >= 4 is 5.91 Å². The standard InChI is InChI=1S/C14H22N4O/c1-10-6-13(10)14(19)17-8-11-4-5-15-18(11)12(9-17)7-16(2)3/h4-5,10,12-13H,6-9H2,1-3H3/t10-,12+,13+/m1/s1. The van der Waals surface area contributed by atoms with E-state index in [0.29, 0.717) is 18.4 Å². The number of nitrogens with zero attached hydrogens (tertiary/aromatic N) is 4. The molecule has 1 saturated carbocycles. The van der Waals surface area contributed by atoms with Gasteiger partial charge >= 0.3 is 0 Å². The van der Waals surface area contributed by atoms with Crippen LogP contribution in [0.15, 0.2) is 12.3 Å². The maximum atomic E-state index is 12.4. The fourth-order valence-corrected chi connectivity index (χ4v) is 3.01. The van der Waals surface area contributed by atoms with Crippen LogP contribution in [-0.2, 0) is 11.3 Å². The molecule has 19 heavy (non-hydrogen) atoms. The van der Waals surface area contributed by atoms with Crippen LogP contribution >= 0.6 is 0 Å². The number of hydrogen-bond donors (Lipinski definition) is 0. The molecule has 0 unspecified atom stereocenters. The molecule has 2 aliphatic rings. The largest absolute Gasteiger partial charge is 0.334 e. The van der Waals surface area contributed by atoms with Crippen LogP contribution in [0.2, 0.25) is 0 Å². The van der Waals surface area contributed by atoms with E-state index in [2.05, 4.69) is 35.7 Å². The average molecular weight is 262 g/mol. The maximum absolute atomic E-state index is 12.4. The van der Waals surface area contributed by atoms with Crippen LogP contribution in [-0.4, -0.2) is 52.7 Å². The van der Waals surface area contributed by atoms with Crippen molar-refractivity contribution in [3.63, 3.8) is 0 Å². The average Bonchev–Trinajstić information content (AvgIpc) is 2.89. The Morgan fingerprint density at radius 2 is 2.26 bits per heavy atom. The summed E-state index contributed by atoms with van der Waals surface area (Å²) in [7, 11) is 4.12. The summed E-state index contributed by atoms with van der Waals surface area (Å²) >= 11 is 0. The number of carbonyl (C=O) groups excluding carboxylic acids is 1. The molecule has 5 heteroatoms. The zero-order valence-electron chi connectivity index (χ0n) is 11.9. The molecule has 1 aliphatic carbocycles. The minimum atomic E-state index is 0.270. The molecule has 5 nitrogen and oxygen atoms in total. The van der Waals surface area contributed by atoms with E-state index < -0.39 is 0 Å². The van der Waals surface area contributed by atoms with Crippen LogP contribution in [0.3, 0.4) is 0 Å². The van der Waals surface area contributed by atoms with Crippen LogP contribution in [0.4, 0.5) is 0 Å². The fourth-order valence-electron chi connectivity index (χ4n) is 3.01. The Bertz CT molecular complexity index is 482. The van der Waals surface area contributed by atoms with Gasteiger partial charge in [0.1, 0.15) is 0 Å². The molecule has 0 N–H and O–H groups in total. The maximum Gasteiger partial charge on any atom is 0.226 e. The third-order valence-electron chi connectivity index (χ3n) is 4.20. The van der Waals surface area contributed by atoms with Gasteiger partial charge in [0.05, 0.1) is 18.3 Å². The molecule has 3 rings (SSSR count). The highest BCUT2D eigenvalue weighted by Gasteiger charge is 2.43. The van der Waals surface area contributed by atoms with Crippen molar-refractivity contribution < 1.29 is 4.79 Å². The topological polar surface area (TPSA) is 41.4 Å². The van der Waals surface area contributed by atoms with Crippen LogP contribution in [0.1, 0.15) is 25.1 Å². The van der Waals surface area contributed by atoms with Crippen molar-refractivity contribution in [3.05, 3.63) is 18.0 Å². The smallest absolute Gasteiger partial charge is 0.226 e. The highest BCUT2D eigenvalue weighted by molar-refractivity contribution is 5.81. The van der Waals surface area contributed by atoms with Crippen LogP contribution in [0, 0.1) is 11.8 Å². The molecule has 2 heterocycles. The predicted molar refractivity (Wildman–Crippen MR) is 72.5 cm³/mol. The molecule has 3 atom stereocenters. The lowest BCUT2D eigenvalue weighted by molar-refractivity contribution is -0.135. The number of aromatic nitrogens is 2. The summed E-state index contributed by atoms with van der Waals surface area (Å²) in [6.07, 6.45) is 2.90. The second-order valence-corrected chi connectivity index (χ2v) is 6.22. The summed E-state index contributed by atoms with van der Waals surface area (Å²) in [4.78, 5) is 16.6. The number of rotatable bonds is 3. The third-order valence-corrected chi connectivity index (χ3v) is 4.20. The number of amides is 1. The molecule has 0 spiro atoms. The number of hydrogen-bond acceptors (Lipinski definition) is 3. The van der Waals surface area contributed by atoms with E-state index in [9.17, 15) is 4.79 Å². The molecule has 1 fully saturated rings. The summed E-state index contributed by atoms with van der Waals surface area (Å²) < 4.78 is 2.08. The van der Waals surface area contributed by atoms with Gasteiger partial charge < -0.3 is 9.80 Å². The number of fused-ring (bicyclic) bond motifs is 1. The Kier molecular flexibility index (Phi) is 3.09. The van der Waals surface area contributed by atoms with Gasteiger partial charge in [-0.15, -0.1) is 0 Å².